The normalized spacial score (nSPS) is 14.3. The molecule has 4 aromatic rings. The first kappa shape index (κ1) is 17.7. The number of rotatable bonds is 3. The van der Waals surface area contributed by atoms with Gasteiger partial charge in [0.25, 0.3) is 0 Å². The van der Waals surface area contributed by atoms with Crippen LogP contribution in [0.3, 0.4) is 0 Å². The lowest BCUT2D eigenvalue weighted by Crippen LogP contribution is -2.30. The van der Waals surface area contributed by atoms with Crippen LogP contribution in [0.5, 0.6) is 0 Å². The Hall–Kier alpha value is -3.33. The van der Waals surface area contributed by atoms with Gasteiger partial charge in [-0.25, -0.2) is 0 Å². The Labute approximate surface area is 170 Å². The van der Waals surface area contributed by atoms with Gasteiger partial charge in [-0.05, 0) is 48.1 Å². The molecule has 0 unspecified atom stereocenters. The molecule has 2 heterocycles. The third kappa shape index (κ3) is 3.44. The van der Waals surface area contributed by atoms with Gasteiger partial charge in [-0.15, -0.1) is 0 Å². The van der Waals surface area contributed by atoms with Crippen molar-refractivity contribution in [1.82, 2.24) is 0 Å². The van der Waals surface area contributed by atoms with Crippen LogP contribution in [0.15, 0.2) is 88.1 Å². The molecule has 0 amide bonds. The highest BCUT2D eigenvalue weighted by Gasteiger charge is 2.18. The van der Waals surface area contributed by atoms with Crippen molar-refractivity contribution in [2.24, 2.45) is 0 Å². The minimum absolute atomic E-state index is 0.0155. The summed E-state index contributed by atoms with van der Waals surface area (Å²) in [6.45, 7) is 1.88. The number of hydrogen-bond acceptors (Lipinski definition) is 3. The van der Waals surface area contributed by atoms with E-state index < -0.39 is 0 Å². The zero-order valence-electron chi connectivity index (χ0n) is 16.3. The van der Waals surface area contributed by atoms with Crippen LogP contribution in [0, 0.1) is 0 Å². The molecule has 1 aliphatic heterocycles. The van der Waals surface area contributed by atoms with Crippen LogP contribution in [0.4, 0.5) is 5.88 Å². The van der Waals surface area contributed by atoms with Crippen LogP contribution >= 0.6 is 0 Å². The highest BCUT2D eigenvalue weighted by atomic mass is 16.4. The second-order valence-corrected chi connectivity index (χ2v) is 7.63. The fourth-order valence-electron chi connectivity index (χ4n) is 4.15. The zero-order chi connectivity index (χ0) is 19.6. The van der Waals surface area contributed by atoms with Crippen LogP contribution in [0.25, 0.3) is 33.2 Å². The van der Waals surface area contributed by atoms with E-state index in [2.05, 4.69) is 35.2 Å². The molecule has 0 aliphatic carbocycles. The molecule has 144 valence electrons. The first-order chi connectivity index (χ1) is 14.3. The quantitative estimate of drug-likeness (QED) is 0.429. The third-order valence-corrected chi connectivity index (χ3v) is 5.68. The van der Waals surface area contributed by atoms with Crippen molar-refractivity contribution < 1.29 is 4.42 Å². The van der Waals surface area contributed by atoms with E-state index in [-0.39, 0.29) is 5.43 Å². The fourth-order valence-corrected chi connectivity index (χ4v) is 4.15. The first-order valence-corrected chi connectivity index (χ1v) is 10.3. The molecule has 29 heavy (non-hydrogen) atoms. The molecule has 3 heteroatoms. The molecule has 5 rings (SSSR count). The maximum absolute atomic E-state index is 13.1. The third-order valence-electron chi connectivity index (χ3n) is 5.68. The van der Waals surface area contributed by atoms with E-state index in [4.69, 9.17) is 4.42 Å². The summed E-state index contributed by atoms with van der Waals surface area (Å²) in [7, 11) is 0. The van der Waals surface area contributed by atoms with E-state index in [9.17, 15) is 4.79 Å². The molecule has 0 N–H and O–H groups in total. The van der Waals surface area contributed by atoms with Gasteiger partial charge in [-0.3, -0.25) is 4.79 Å². The molecule has 0 spiro atoms. The van der Waals surface area contributed by atoms with Gasteiger partial charge in [-0.2, -0.15) is 0 Å². The molecule has 1 aliphatic rings. The second-order valence-electron chi connectivity index (χ2n) is 7.63. The summed E-state index contributed by atoms with van der Waals surface area (Å²) < 4.78 is 6.38. The van der Waals surface area contributed by atoms with E-state index in [1.807, 2.05) is 42.5 Å². The minimum Gasteiger partial charge on any atom is -0.440 e. The molecule has 0 atom stereocenters. The maximum atomic E-state index is 13.1. The summed E-state index contributed by atoms with van der Waals surface area (Å²) in [6, 6.07) is 26.1. The predicted molar refractivity (Wildman–Crippen MR) is 119 cm³/mol. The summed E-state index contributed by atoms with van der Waals surface area (Å²) in [5.74, 6) is 0.687. The average molecular weight is 381 g/mol. The van der Waals surface area contributed by atoms with E-state index in [1.54, 1.807) is 6.07 Å². The monoisotopic (exact) mass is 381 g/mol. The highest BCUT2D eigenvalue weighted by Crippen LogP contribution is 2.35. The van der Waals surface area contributed by atoms with Gasteiger partial charge in [0.05, 0.1) is 5.39 Å². The van der Waals surface area contributed by atoms with Crippen molar-refractivity contribution in [3.8, 4) is 22.3 Å². The topological polar surface area (TPSA) is 33.5 Å². The van der Waals surface area contributed by atoms with E-state index in [0.29, 0.717) is 16.9 Å². The van der Waals surface area contributed by atoms with Gasteiger partial charge >= 0.3 is 0 Å². The molecule has 1 aromatic heterocycles. The molecular weight excluding hydrogens is 358 g/mol. The Morgan fingerprint density at radius 1 is 0.690 bits per heavy atom. The van der Waals surface area contributed by atoms with Crippen molar-refractivity contribution in [1.29, 1.82) is 0 Å². The number of piperidine rings is 1. The predicted octanol–water partition coefficient (Wildman–Crippen LogP) is 6.12. The lowest BCUT2D eigenvalue weighted by molar-refractivity contribution is 0.513. The summed E-state index contributed by atoms with van der Waals surface area (Å²) in [4.78, 5) is 15.3. The van der Waals surface area contributed by atoms with Gasteiger partial charge in [0.2, 0.25) is 0 Å². The smallest absolute Gasteiger partial charge is 0.200 e. The van der Waals surface area contributed by atoms with Crippen molar-refractivity contribution in [3.05, 3.63) is 89.1 Å². The second kappa shape index (κ2) is 7.59. The molecule has 0 radical (unpaired) electrons. The number of benzene rings is 3. The zero-order valence-corrected chi connectivity index (χ0v) is 16.3. The van der Waals surface area contributed by atoms with Crippen molar-refractivity contribution in [2.45, 2.75) is 19.3 Å². The Balaban J connectivity index is 1.76. The largest absolute Gasteiger partial charge is 0.440 e. The van der Waals surface area contributed by atoms with Crippen LogP contribution in [-0.4, -0.2) is 13.1 Å². The van der Waals surface area contributed by atoms with Crippen molar-refractivity contribution in [2.75, 3.05) is 18.0 Å². The van der Waals surface area contributed by atoms with Crippen LogP contribution in [-0.2, 0) is 0 Å². The Kier molecular flexibility index (Phi) is 4.65. The fraction of sp³-hybridized carbons (Fsp3) is 0.192. The molecule has 0 bridgehead atoms. The van der Waals surface area contributed by atoms with Gasteiger partial charge in [0, 0.05) is 24.7 Å². The SMILES string of the molecule is O=c1cc(N2CCCCC2)oc2c(-c3ccccc3)cc(-c3ccccc3)cc12. The van der Waals surface area contributed by atoms with Crippen molar-refractivity contribution >= 4 is 16.9 Å². The van der Waals surface area contributed by atoms with E-state index in [0.717, 1.165) is 48.2 Å². The molecule has 1 fully saturated rings. The number of fused-ring (bicyclic) bond motifs is 1. The maximum Gasteiger partial charge on any atom is 0.200 e. The lowest BCUT2D eigenvalue weighted by atomic mass is 9.96. The van der Waals surface area contributed by atoms with E-state index >= 15 is 0 Å². The molecule has 0 saturated carbocycles. The molecule has 3 aromatic carbocycles. The lowest BCUT2D eigenvalue weighted by Gasteiger charge is -2.27. The average Bonchev–Trinajstić information content (AvgIpc) is 2.80. The Bertz CT molecular complexity index is 1190. The number of nitrogens with zero attached hydrogens (tertiary/aromatic N) is 1. The number of hydrogen-bond donors (Lipinski definition) is 0. The summed E-state index contributed by atoms with van der Waals surface area (Å²) in [5, 5.41) is 0.631. The van der Waals surface area contributed by atoms with Gasteiger partial charge in [0.15, 0.2) is 11.3 Å². The van der Waals surface area contributed by atoms with Gasteiger partial charge in [-0.1, -0.05) is 60.7 Å². The summed E-state index contributed by atoms with van der Waals surface area (Å²) in [6.07, 6.45) is 3.52. The highest BCUT2D eigenvalue weighted by molar-refractivity contribution is 5.96. The van der Waals surface area contributed by atoms with Crippen LogP contribution in [0.2, 0.25) is 0 Å². The van der Waals surface area contributed by atoms with E-state index in [1.165, 1.54) is 6.42 Å². The summed E-state index contributed by atoms with van der Waals surface area (Å²) in [5.41, 5.74) is 4.80. The first-order valence-electron chi connectivity index (χ1n) is 10.3. The van der Waals surface area contributed by atoms with Gasteiger partial charge < -0.3 is 9.32 Å². The minimum atomic E-state index is 0.0155. The van der Waals surface area contributed by atoms with Crippen molar-refractivity contribution in [3.63, 3.8) is 0 Å². The van der Waals surface area contributed by atoms with Crippen LogP contribution < -0.4 is 10.3 Å². The summed E-state index contributed by atoms with van der Waals surface area (Å²) >= 11 is 0. The Morgan fingerprint density at radius 2 is 1.34 bits per heavy atom. The standard InChI is InChI=1S/C26H23NO2/c28-24-18-25(27-14-8-3-9-15-27)29-26-22(20-12-6-2-7-13-20)16-21(17-23(24)26)19-10-4-1-5-11-19/h1-2,4-7,10-13,16-18H,3,8-9,14-15H2. The molecular formula is C26H23NO2. The molecule has 1 saturated heterocycles. The van der Waals surface area contributed by atoms with Crippen LogP contribution in [0.1, 0.15) is 19.3 Å². The number of anilines is 1. The molecule has 3 nitrogen and oxygen atoms in total. The Morgan fingerprint density at radius 3 is 2.03 bits per heavy atom. The van der Waals surface area contributed by atoms with Gasteiger partial charge in [0.1, 0.15) is 5.58 Å².